The van der Waals surface area contributed by atoms with Gasteiger partial charge in [-0.3, -0.25) is 10.1 Å². The van der Waals surface area contributed by atoms with E-state index in [1.165, 1.54) is 12.1 Å². The van der Waals surface area contributed by atoms with Gasteiger partial charge in [0.25, 0.3) is 5.69 Å². The third kappa shape index (κ3) is 1.33. The lowest BCUT2D eigenvalue weighted by atomic mass is 10.0. The fourth-order valence-electron chi connectivity index (χ4n) is 2.93. The summed E-state index contributed by atoms with van der Waals surface area (Å²) < 4.78 is 24.3. The highest BCUT2D eigenvalue weighted by Gasteiger charge is 2.47. The van der Waals surface area contributed by atoms with Gasteiger partial charge >= 0.3 is 0 Å². The maximum Gasteiger partial charge on any atom is 0.269 e. The van der Waals surface area contributed by atoms with E-state index in [0.717, 1.165) is 12.0 Å². The van der Waals surface area contributed by atoms with Crippen LogP contribution in [0.15, 0.2) is 18.2 Å². The molecule has 1 fully saturated rings. The topological polar surface area (TPSA) is 77.3 Å². The Kier molecular flexibility index (Phi) is 2.07. The summed E-state index contributed by atoms with van der Waals surface area (Å²) in [6, 6.07) is 4.44. The molecule has 2 heterocycles. The molecule has 0 saturated carbocycles. The molecule has 0 radical (unpaired) electrons. The highest BCUT2D eigenvalue weighted by Crippen LogP contribution is 2.53. The first-order valence-electron chi connectivity index (χ1n) is 5.53. The molecule has 1 aromatic rings. The summed E-state index contributed by atoms with van der Waals surface area (Å²) in [6.07, 6.45) is 2.10. The number of sulfone groups is 1. The van der Waals surface area contributed by atoms with Gasteiger partial charge in [0, 0.05) is 12.1 Å². The Balaban J connectivity index is 2.23. The lowest BCUT2D eigenvalue weighted by Gasteiger charge is -2.19. The van der Waals surface area contributed by atoms with Crippen molar-refractivity contribution in [2.24, 2.45) is 0 Å². The average Bonchev–Trinajstić information content (AvgIpc) is 2.43. The number of hydrogen-bond donors (Lipinski definition) is 0. The van der Waals surface area contributed by atoms with Crippen molar-refractivity contribution in [3.8, 4) is 0 Å². The molecule has 2 aliphatic rings. The van der Waals surface area contributed by atoms with E-state index in [1.54, 1.807) is 6.07 Å². The first-order valence-corrected chi connectivity index (χ1v) is 7.13. The summed E-state index contributed by atoms with van der Waals surface area (Å²) in [4.78, 5) is 10.2. The highest BCUT2D eigenvalue weighted by molar-refractivity contribution is 7.92. The maximum atomic E-state index is 12.1. The standard InChI is InChI=1S/C11H11NO4S/c13-12(14)7-4-5-8-9(6-7)11-3-1-2-10(8)17(11,15)16/h4-6,10-11H,1-3H2. The van der Waals surface area contributed by atoms with Crippen LogP contribution in [0.25, 0.3) is 0 Å². The molecule has 0 N–H and O–H groups in total. The third-order valence-electron chi connectivity index (χ3n) is 3.70. The van der Waals surface area contributed by atoms with Crippen molar-refractivity contribution in [2.45, 2.75) is 29.8 Å². The van der Waals surface area contributed by atoms with Crippen LogP contribution in [0.5, 0.6) is 0 Å². The fraction of sp³-hybridized carbons (Fsp3) is 0.455. The summed E-state index contributed by atoms with van der Waals surface area (Å²) in [5.74, 6) is 0. The summed E-state index contributed by atoms with van der Waals surface area (Å²) in [7, 11) is -3.15. The number of fused-ring (bicyclic) bond motifs is 5. The molecule has 2 atom stereocenters. The van der Waals surface area contributed by atoms with Gasteiger partial charge in [-0.25, -0.2) is 8.42 Å². The van der Waals surface area contributed by atoms with Gasteiger partial charge in [-0.05, 0) is 24.0 Å². The predicted molar refractivity (Wildman–Crippen MR) is 61.3 cm³/mol. The largest absolute Gasteiger partial charge is 0.269 e. The molecule has 17 heavy (non-hydrogen) atoms. The molecule has 0 aromatic heterocycles. The minimum Gasteiger partial charge on any atom is -0.258 e. The Hall–Kier alpha value is -1.43. The summed E-state index contributed by atoms with van der Waals surface area (Å²) in [5, 5.41) is 9.76. The van der Waals surface area contributed by atoms with E-state index in [0.29, 0.717) is 18.4 Å². The van der Waals surface area contributed by atoms with Gasteiger partial charge in [0.1, 0.15) is 0 Å². The molecule has 5 nitrogen and oxygen atoms in total. The first kappa shape index (κ1) is 10.7. The second kappa shape index (κ2) is 3.29. The maximum absolute atomic E-state index is 12.1. The number of non-ortho nitro benzene ring substituents is 1. The van der Waals surface area contributed by atoms with Crippen LogP contribution < -0.4 is 0 Å². The van der Waals surface area contributed by atoms with E-state index in [9.17, 15) is 18.5 Å². The molecule has 2 unspecified atom stereocenters. The Morgan fingerprint density at radius 1 is 1.18 bits per heavy atom. The Morgan fingerprint density at radius 2 is 1.82 bits per heavy atom. The van der Waals surface area contributed by atoms with Crippen molar-refractivity contribution >= 4 is 15.5 Å². The van der Waals surface area contributed by atoms with Crippen LogP contribution in [0.1, 0.15) is 40.9 Å². The summed E-state index contributed by atoms with van der Waals surface area (Å²) in [5.41, 5.74) is 1.41. The quantitative estimate of drug-likeness (QED) is 0.568. The number of hydrogen-bond acceptors (Lipinski definition) is 4. The van der Waals surface area contributed by atoms with E-state index in [2.05, 4.69) is 0 Å². The van der Waals surface area contributed by atoms with Crippen molar-refractivity contribution in [2.75, 3.05) is 0 Å². The number of nitro benzene ring substituents is 1. The number of benzene rings is 1. The number of rotatable bonds is 1. The summed E-state index contributed by atoms with van der Waals surface area (Å²) >= 11 is 0. The van der Waals surface area contributed by atoms with Gasteiger partial charge in [0.05, 0.1) is 15.4 Å². The van der Waals surface area contributed by atoms with E-state index < -0.39 is 25.3 Å². The molecule has 0 spiro atoms. The lowest BCUT2D eigenvalue weighted by molar-refractivity contribution is -0.384. The number of nitro groups is 1. The summed E-state index contributed by atoms with van der Waals surface area (Å²) in [6.45, 7) is 0. The molecule has 0 amide bonds. The van der Waals surface area contributed by atoms with Gasteiger partial charge < -0.3 is 0 Å². The van der Waals surface area contributed by atoms with Crippen LogP contribution >= 0.6 is 0 Å². The molecule has 90 valence electrons. The molecule has 2 aliphatic heterocycles. The number of nitrogens with zero attached hydrogens (tertiary/aromatic N) is 1. The molecule has 6 heteroatoms. The normalized spacial score (nSPS) is 28.7. The first-order chi connectivity index (χ1) is 8.01. The van der Waals surface area contributed by atoms with Gasteiger partial charge in [-0.2, -0.15) is 0 Å². The molecule has 1 saturated heterocycles. The minimum atomic E-state index is -3.15. The highest BCUT2D eigenvalue weighted by atomic mass is 32.2. The third-order valence-corrected chi connectivity index (χ3v) is 6.27. The predicted octanol–water partition coefficient (Wildman–Crippen LogP) is 2.29. The molecular formula is C11H11NO4S. The van der Waals surface area contributed by atoms with Gasteiger partial charge in [0.15, 0.2) is 9.84 Å². The van der Waals surface area contributed by atoms with Crippen molar-refractivity contribution < 1.29 is 13.3 Å². The zero-order chi connectivity index (χ0) is 12.2. The Labute approximate surface area is 98.5 Å². The minimum absolute atomic E-state index is 0.0218. The van der Waals surface area contributed by atoms with E-state index in [-0.39, 0.29) is 5.69 Å². The van der Waals surface area contributed by atoms with E-state index >= 15 is 0 Å². The van der Waals surface area contributed by atoms with Crippen LogP contribution in [0, 0.1) is 10.1 Å². The second-order valence-corrected chi connectivity index (χ2v) is 6.88. The Morgan fingerprint density at radius 3 is 2.47 bits per heavy atom. The molecular weight excluding hydrogens is 242 g/mol. The van der Waals surface area contributed by atoms with Crippen molar-refractivity contribution in [3.63, 3.8) is 0 Å². The zero-order valence-corrected chi connectivity index (χ0v) is 9.81. The van der Waals surface area contributed by atoms with Gasteiger partial charge in [-0.15, -0.1) is 0 Å². The lowest BCUT2D eigenvalue weighted by Crippen LogP contribution is -2.16. The Bertz CT molecular complexity index is 608. The van der Waals surface area contributed by atoms with Crippen molar-refractivity contribution in [1.29, 1.82) is 0 Å². The second-order valence-electron chi connectivity index (χ2n) is 4.57. The van der Waals surface area contributed by atoms with Gasteiger partial charge in [-0.1, -0.05) is 12.5 Å². The van der Waals surface area contributed by atoms with Crippen LogP contribution in [0.2, 0.25) is 0 Å². The fourth-order valence-corrected chi connectivity index (χ4v) is 5.44. The monoisotopic (exact) mass is 253 g/mol. The van der Waals surface area contributed by atoms with Crippen molar-refractivity contribution in [3.05, 3.63) is 39.4 Å². The average molecular weight is 253 g/mol. The van der Waals surface area contributed by atoms with E-state index in [4.69, 9.17) is 0 Å². The van der Waals surface area contributed by atoms with E-state index in [1.807, 2.05) is 0 Å². The smallest absolute Gasteiger partial charge is 0.258 e. The molecule has 3 rings (SSSR count). The molecule has 1 aromatic carbocycles. The van der Waals surface area contributed by atoms with Crippen LogP contribution in [0.4, 0.5) is 5.69 Å². The van der Waals surface area contributed by atoms with Crippen molar-refractivity contribution in [1.82, 2.24) is 0 Å². The van der Waals surface area contributed by atoms with Crippen LogP contribution in [-0.4, -0.2) is 13.3 Å². The molecule has 2 bridgehead atoms. The zero-order valence-electron chi connectivity index (χ0n) is 9.00. The SMILES string of the molecule is O=[N+]([O-])c1ccc2c(c1)C1CCCC2S1(=O)=O. The molecule has 0 aliphatic carbocycles. The van der Waals surface area contributed by atoms with Gasteiger partial charge in [0.2, 0.25) is 0 Å². The van der Waals surface area contributed by atoms with Crippen LogP contribution in [0.3, 0.4) is 0 Å². The van der Waals surface area contributed by atoms with Crippen LogP contribution in [-0.2, 0) is 9.84 Å².